The standard InChI is InChI=1S/C26H25N3O2/c1-19-9-8-12-22(15-19)31-18-26(30)28-27-16-24-20(2)29(17-21-10-4-3-5-11-21)25-14-7-6-13-23(24)25/h3-16H,17-18H2,1-2H3,(H,28,30)/b27-16-. The Morgan fingerprint density at radius 3 is 2.58 bits per heavy atom. The highest BCUT2D eigenvalue weighted by Crippen LogP contribution is 2.25. The number of fused-ring (bicyclic) bond motifs is 1. The Hall–Kier alpha value is -3.86. The van der Waals surface area contributed by atoms with E-state index >= 15 is 0 Å². The highest BCUT2D eigenvalue weighted by atomic mass is 16.5. The SMILES string of the molecule is Cc1cccc(OCC(=O)N/N=C\c2c(C)n(Cc3ccccc3)c3ccccc23)c1. The number of ether oxygens (including phenoxy) is 1. The largest absolute Gasteiger partial charge is 0.484 e. The number of rotatable bonds is 7. The summed E-state index contributed by atoms with van der Waals surface area (Å²) in [7, 11) is 0. The zero-order valence-electron chi connectivity index (χ0n) is 17.7. The average Bonchev–Trinajstić information content (AvgIpc) is 3.04. The zero-order valence-corrected chi connectivity index (χ0v) is 17.7. The fourth-order valence-electron chi connectivity index (χ4n) is 3.65. The zero-order chi connectivity index (χ0) is 21.6. The van der Waals surface area contributed by atoms with Gasteiger partial charge in [0.05, 0.1) is 6.21 Å². The van der Waals surface area contributed by atoms with Crippen molar-refractivity contribution in [3.05, 3.63) is 101 Å². The second-order valence-electron chi connectivity index (χ2n) is 7.49. The Bertz CT molecular complexity index is 1230. The third-order valence-corrected chi connectivity index (χ3v) is 5.21. The van der Waals surface area contributed by atoms with Gasteiger partial charge in [0, 0.05) is 28.7 Å². The van der Waals surface area contributed by atoms with Crippen LogP contribution in [0.25, 0.3) is 10.9 Å². The van der Waals surface area contributed by atoms with Crippen LogP contribution in [0.2, 0.25) is 0 Å². The maximum atomic E-state index is 12.1. The van der Waals surface area contributed by atoms with E-state index in [1.165, 1.54) is 5.56 Å². The van der Waals surface area contributed by atoms with Crippen LogP contribution in [0.15, 0.2) is 84.0 Å². The first kappa shape index (κ1) is 20.4. The molecule has 1 aromatic heterocycles. The highest BCUT2D eigenvalue weighted by Gasteiger charge is 2.12. The smallest absolute Gasteiger partial charge is 0.277 e. The number of aromatic nitrogens is 1. The van der Waals surface area contributed by atoms with Gasteiger partial charge in [0.15, 0.2) is 6.61 Å². The first-order valence-electron chi connectivity index (χ1n) is 10.2. The normalized spacial score (nSPS) is 11.2. The Morgan fingerprint density at radius 2 is 1.77 bits per heavy atom. The summed E-state index contributed by atoms with van der Waals surface area (Å²) < 4.78 is 7.80. The third kappa shape index (κ3) is 4.83. The van der Waals surface area contributed by atoms with Crippen molar-refractivity contribution in [1.82, 2.24) is 9.99 Å². The van der Waals surface area contributed by atoms with Crippen molar-refractivity contribution in [2.45, 2.75) is 20.4 Å². The van der Waals surface area contributed by atoms with Gasteiger partial charge in [-0.15, -0.1) is 0 Å². The van der Waals surface area contributed by atoms with Crippen molar-refractivity contribution < 1.29 is 9.53 Å². The second-order valence-corrected chi connectivity index (χ2v) is 7.49. The lowest BCUT2D eigenvalue weighted by Crippen LogP contribution is -2.24. The van der Waals surface area contributed by atoms with E-state index in [9.17, 15) is 4.79 Å². The molecule has 0 unspecified atom stereocenters. The van der Waals surface area contributed by atoms with Crippen LogP contribution in [0.5, 0.6) is 5.75 Å². The van der Waals surface area contributed by atoms with Gasteiger partial charge in [-0.25, -0.2) is 5.43 Å². The number of carbonyl (C=O) groups is 1. The summed E-state index contributed by atoms with van der Waals surface area (Å²) in [5.74, 6) is 0.363. The minimum absolute atomic E-state index is 0.0878. The molecule has 0 aliphatic rings. The number of benzene rings is 3. The first-order valence-corrected chi connectivity index (χ1v) is 10.2. The Balaban J connectivity index is 1.48. The molecule has 156 valence electrons. The number of amides is 1. The molecule has 0 fully saturated rings. The minimum atomic E-state index is -0.302. The predicted molar refractivity (Wildman–Crippen MR) is 125 cm³/mol. The molecule has 0 saturated heterocycles. The average molecular weight is 412 g/mol. The van der Waals surface area contributed by atoms with Crippen molar-refractivity contribution in [2.24, 2.45) is 5.10 Å². The molecular formula is C26H25N3O2. The molecule has 0 saturated carbocycles. The van der Waals surface area contributed by atoms with Crippen LogP contribution in [0.3, 0.4) is 0 Å². The van der Waals surface area contributed by atoms with Crippen LogP contribution < -0.4 is 10.2 Å². The topological polar surface area (TPSA) is 55.6 Å². The van der Waals surface area contributed by atoms with E-state index in [0.29, 0.717) is 5.75 Å². The predicted octanol–water partition coefficient (Wildman–Crippen LogP) is 4.84. The maximum Gasteiger partial charge on any atom is 0.277 e. The molecule has 0 aliphatic heterocycles. The van der Waals surface area contributed by atoms with Gasteiger partial charge in [0.25, 0.3) is 5.91 Å². The first-order chi connectivity index (χ1) is 15.1. The molecule has 31 heavy (non-hydrogen) atoms. The van der Waals surface area contributed by atoms with E-state index < -0.39 is 0 Å². The van der Waals surface area contributed by atoms with Crippen LogP contribution in [-0.4, -0.2) is 23.3 Å². The molecule has 0 aliphatic carbocycles. The van der Waals surface area contributed by atoms with Crippen molar-refractivity contribution in [3.63, 3.8) is 0 Å². The highest BCUT2D eigenvalue weighted by molar-refractivity contribution is 6.01. The molecule has 4 aromatic rings. The summed E-state index contributed by atoms with van der Waals surface area (Å²) >= 11 is 0. The summed E-state index contributed by atoms with van der Waals surface area (Å²) in [5, 5.41) is 5.29. The van der Waals surface area contributed by atoms with Crippen molar-refractivity contribution >= 4 is 23.0 Å². The number of carbonyl (C=O) groups excluding carboxylic acids is 1. The molecule has 1 amide bonds. The van der Waals surface area contributed by atoms with Crippen molar-refractivity contribution in [1.29, 1.82) is 0 Å². The lowest BCUT2D eigenvalue weighted by molar-refractivity contribution is -0.123. The monoisotopic (exact) mass is 411 g/mol. The van der Waals surface area contributed by atoms with Gasteiger partial charge in [0.1, 0.15) is 5.75 Å². The number of aryl methyl sites for hydroxylation is 1. The van der Waals surface area contributed by atoms with Crippen molar-refractivity contribution in [2.75, 3.05) is 6.61 Å². The molecule has 5 nitrogen and oxygen atoms in total. The third-order valence-electron chi connectivity index (χ3n) is 5.21. The molecular weight excluding hydrogens is 386 g/mol. The number of para-hydroxylation sites is 1. The van der Waals surface area contributed by atoms with Crippen LogP contribution >= 0.6 is 0 Å². The molecule has 0 radical (unpaired) electrons. The minimum Gasteiger partial charge on any atom is -0.484 e. The number of hydrogen-bond donors (Lipinski definition) is 1. The lowest BCUT2D eigenvalue weighted by atomic mass is 10.1. The van der Waals surface area contributed by atoms with Crippen LogP contribution in [-0.2, 0) is 11.3 Å². The van der Waals surface area contributed by atoms with Crippen molar-refractivity contribution in [3.8, 4) is 5.75 Å². The van der Waals surface area contributed by atoms with E-state index in [1.807, 2.05) is 61.5 Å². The van der Waals surface area contributed by atoms with E-state index in [2.05, 4.69) is 46.3 Å². The number of hydrazone groups is 1. The molecule has 5 heteroatoms. The lowest BCUT2D eigenvalue weighted by Gasteiger charge is -2.08. The fourth-order valence-corrected chi connectivity index (χ4v) is 3.65. The van der Waals surface area contributed by atoms with Gasteiger partial charge in [-0.05, 0) is 43.2 Å². The molecule has 1 heterocycles. The van der Waals surface area contributed by atoms with Crippen LogP contribution in [0, 0.1) is 13.8 Å². The Kier molecular flexibility index (Phi) is 6.13. The second kappa shape index (κ2) is 9.30. The molecule has 1 N–H and O–H groups in total. The maximum absolute atomic E-state index is 12.1. The molecule has 3 aromatic carbocycles. The van der Waals surface area contributed by atoms with Gasteiger partial charge in [-0.2, -0.15) is 5.10 Å². The van der Waals surface area contributed by atoms with Crippen LogP contribution in [0.1, 0.15) is 22.4 Å². The number of nitrogens with one attached hydrogen (secondary N) is 1. The number of hydrogen-bond acceptors (Lipinski definition) is 3. The Labute approximate surface area is 182 Å². The van der Waals surface area contributed by atoms with Gasteiger partial charge < -0.3 is 9.30 Å². The molecule has 4 rings (SSSR count). The van der Waals surface area contributed by atoms with Gasteiger partial charge in [-0.3, -0.25) is 4.79 Å². The summed E-state index contributed by atoms with van der Waals surface area (Å²) in [4.78, 5) is 12.1. The van der Waals surface area contributed by atoms with E-state index in [0.717, 1.165) is 34.3 Å². The number of nitrogens with zero attached hydrogens (tertiary/aromatic N) is 2. The molecule has 0 atom stereocenters. The van der Waals surface area contributed by atoms with Gasteiger partial charge >= 0.3 is 0 Å². The van der Waals surface area contributed by atoms with Gasteiger partial charge in [0.2, 0.25) is 0 Å². The van der Waals surface area contributed by atoms with E-state index in [1.54, 1.807) is 6.21 Å². The quantitative estimate of drug-likeness (QED) is 0.350. The van der Waals surface area contributed by atoms with E-state index in [4.69, 9.17) is 4.74 Å². The Morgan fingerprint density at radius 1 is 1.00 bits per heavy atom. The summed E-state index contributed by atoms with van der Waals surface area (Å²) in [6.07, 6.45) is 1.71. The summed E-state index contributed by atoms with van der Waals surface area (Å²) in [6.45, 7) is 4.74. The molecule has 0 spiro atoms. The molecule has 0 bridgehead atoms. The van der Waals surface area contributed by atoms with Gasteiger partial charge in [-0.1, -0.05) is 60.7 Å². The summed E-state index contributed by atoms with van der Waals surface area (Å²) in [5.41, 5.74) is 8.10. The van der Waals surface area contributed by atoms with Crippen LogP contribution in [0.4, 0.5) is 0 Å². The summed E-state index contributed by atoms with van der Waals surface area (Å²) in [6, 6.07) is 26.2. The fraction of sp³-hybridized carbons (Fsp3) is 0.154. The van der Waals surface area contributed by atoms with E-state index in [-0.39, 0.29) is 12.5 Å².